The molecule has 0 radical (unpaired) electrons. The fraction of sp³-hybridized carbons (Fsp3) is 1.00. The van der Waals surface area contributed by atoms with Crippen LogP contribution < -0.4 is 5.32 Å². The minimum Gasteiger partial charge on any atom is -0.314 e. The van der Waals surface area contributed by atoms with Crippen LogP contribution in [0.4, 0.5) is 0 Å². The van der Waals surface area contributed by atoms with Crippen LogP contribution in [-0.2, 0) is 10.0 Å². The lowest BCUT2D eigenvalue weighted by molar-refractivity contribution is 0.170. The monoisotopic (exact) mass is 246 g/mol. The molecule has 94 valence electrons. The molecule has 0 unspecified atom stereocenters. The molecule has 0 aromatic rings. The van der Waals surface area contributed by atoms with Crippen LogP contribution in [0.25, 0.3) is 0 Å². The molecule has 2 heterocycles. The van der Waals surface area contributed by atoms with E-state index >= 15 is 0 Å². The summed E-state index contributed by atoms with van der Waals surface area (Å²) < 4.78 is 25.8. The van der Waals surface area contributed by atoms with Crippen molar-refractivity contribution in [1.29, 1.82) is 0 Å². The predicted octanol–water partition coefficient (Wildman–Crippen LogP) is 0.798. The van der Waals surface area contributed by atoms with Gasteiger partial charge in [-0.2, -0.15) is 0 Å². The Morgan fingerprint density at radius 1 is 1.31 bits per heavy atom. The number of nitrogens with one attached hydrogen (secondary N) is 1. The lowest BCUT2D eigenvalue weighted by atomic mass is 9.86. The Morgan fingerprint density at radius 3 is 2.75 bits per heavy atom. The Hall–Kier alpha value is -0.130. The third kappa shape index (κ3) is 2.26. The maximum absolute atomic E-state index is 12.1. The second kappa shape index (κ2) is 4.63. The van der Waals surface area contributed by atoms with E-state index in [1.807, 2.05) is 0 Å². The standard InChI is InChI=1S/C11H22N2O2S/c1-9(2)16(14,15)13-7-5-11-10(8-13)4-3-6-12-11/h9-12H,3-8H2,1-2H3/t10-,11-/m1/s1. The summed E-state index contributed by atoms with van der Waals surface area (Å²) in [5.74, 6) is 0.524. The molecular formula is C11H22N2O2S. The summed E-state index contributed by atoms with van der Waals surface area (Å²) in [6.07, 6.45) is 3.31. The van der Waals surface area contributed by atoms with E-state index in [4.69, 9.17) is 0 Å². The highest BCUT2D eigenvalue weighted by Crippen LogP contribution is 2.27. The fourth-order valence-corrected chi connectivity index (χ4v) is 4.10. The highest BCUT2D eigenvalue weighted by molar-refractivity contribution is 7.89. The van der Waals surface area contributed by atoms with Gasteiger partial charge in [-0.15, -0.1) is 0 Å². The van der Waals surface area contributed by atoms with Gasteiger partial charge in [-0.05, 0) is 45.6 Å². The Kier molecular flexibility index (Phi) is 3.56. The maximum Gasteiger partial charge on any atom is 0.216 e. The van der Waals surface area contributed by atoms with E-state index in [0.29, 0.717) is 18.5 Å². The zero-order chi connectivity index (χ0) is 11.8. The molecule has 0 spiro atoms. The summed E-state index contributed by atoms with van der Waals surface area (Å²) in [5.41, 5.74) is 0. The number of rotatable bonds is 2. The van der Waals surface area contributed by atoms with Gasteiger partial charge in [-0.25, -0.2) is 12.7 Å². The number of hydrogen-bond donors (Lipinski definition) is 1. The first kappa shape index (κ1) is 12.3. The quantitative estimate of drug-likeness (QED) is 0.784. The zero-order valence-electron chi connectivity index (χ0n) is 10.1. The molecule has 0 aliphatic carbocycles. The second-order valence-electron chi connectivity index (χ2n) is 5.20. The van der Waals surface area contributed by atoms with Crippen molar-refractivity contribution in [3.8, 4) is 0 Å². The van der Waals surface area contributed by atoms with E-state index in [-0.39, 0.29) is 5.25 Å². The van der Waals surface area contributed by atoms with Gasteiger partial charge in [0.05, 0.1) is 5.25 Å². The van der Waals surface area contributed by atoms with E-state index in [0.717, 1.165) is 19.5 Å². The topological polar surface area (TPSA) is 49.4 Å². The first-order valence-electron chi connectivity index (χ1n) is 6.24. The van der Waals surface area contributed by atoms with Gasteiger partial charge in [0.1, 0.15) is 0 Å². The minimum absolute atomic E-state index is 0.291. The lowest BCUT2D eigenvalue weighted by Gasteiger charge is -2.41. The van der Waals surface area contributed by atoms with Crippen LogP contribution >= 0.6 is 0 Å². The SMILES string of the molecule is CC(C)S(=O)(=O)N1CC[C@H]2NCCC[C@@H]2C1. The molecule has 0 aromatic heterocycles. The van der Waals surface area contributed by atoms with E-state index in [9.17, 15) is 8.42 Å². The summed E-state index contributed by atoms with van der Waals surface area (Å²) in [7, 11) is -3.04. The van der Waals surface area contributed by atoms with Gasteiger partial charge in [0.2, 0.25) is 10.0 Å². The van der Waals surface area contributed by atoms with Crippen LogP contribution in [0.1, 0.15) is 33.1 Å². The molecular weight excluding hydrogens is 224 g/mol. The van der Waals surface area contributed by atoms with Crippen LogP contribution in [0.2, 0.25) is 0 Å². The number of piperidine rings is 2. The average molecular weight is 246 g/mol. The third-order valence-corrected chi connectivity index (χ3v) is 6.05. The molecule has 2 rings (SSSR count). The minimum atomic E-state index is -3.04. The van der Waals surface area contributed by atoms with Crippen LogP contribution in [0.5, 0.6) is 0 Å². The first-order chi connectivity index (χ1) is 7.51. The van der Waals surface area contributed by atoms with Gasteiger partial charge in [0.25, 0.3) is 0 Å². The molecule has 2 saturated heterocycles. The van der Waals surface area contributed by atoms with Crippen LogP contribution in [0.15, 0.2) is 0 Å². The smallest absolute Gasteiger partial charge is 0.216 e. The zero-order valence-corrected chi connectivity index (χ0v) is 11.0. The van der Waals surface area contributed by atoms with Crippen molar-refractivity contribution < 1.29 is 8.42 Å². The summed E-state index contributed by atoms with van der Waals surface area (Å²) in [6.45, 7) is 6.03. The normalized spacial score (nSPS) is 32.7. The average Bonchev–Trinajstić information content (AvgIpc) is 2.28. The number of nitrogens with zero attached hydrogens (tertiary/aromatic N) is 1. The number of fused-ring (bicyclic) bond motifs is 1. The van der Waals surface area contributed by atoms with Crippen LogP contribution in [0, 0.1) is 5.92 Å². The van der Waals surface area contributed by atoms with Gasteiger partial charge >= 0.3 is 0 Å². The van der Waals surface area contributed by atoms with Crippen LogP contribution in [-0.4, -0.2) is 43.6 Å². The highest BCUT2D eigenvalue weighted by Gasteiger charge is 2.36. The van der Waals surface area contributed by atoms with Crippen molar-refractivity contribution in [1.82, 2.24) is 9.62 Å². The molecule has 2 aliphatic rings. The largest absolute Gasteiger partial charge is 0.314 e. The second-order valence-corrected chi connectivity index (χ2v) is 7.69. The molecule has 2 atom stereocenters. The Labute approximate surface area is 98.4 Å². The Balaban J connectivity index is 2.05. The van der Waals surface area contributed by atoms with Crippen molar-refractivity contribution in [2.24, 2.45) is 5.92 Å². The molecule has 4 nitrogen and oxygen atoms in total. The summed E-state index contributed by atoms with van der Waals surface area (Å²) in [5, 5.41) is 3.21. The molecule has 0 amide bonds. The van der Waals surface area contributed by atoms with Gasteiger partial charge in [0.15, 0.2) is 0 Å². The van der Waals surface area contributed by atoms with E-state index in [2.05, 4.69) is 5.32 Å². The van der Waals surface area contributed by atoms with Gasteiger partial charge in [0, 0.05) is 19.1 Å². The van der Waals surface area contributed by atoms with Crippen molar-refractivity contribution in [3.05, 3.63) is 0 Å². The number of sulfonamides is 1. The van der Waals surface area contributed by atoms with E-state index < -0.39 is 10.0 Å². The summed E-state index contributed by atoms with van der Waals surface area (Å²) in [6, 6.07) is 0.548. The fourth-order valence-electron chi connectivity index (χ4n) is 2.74. The van der Waals surface area contributed by atoms with Gasteiger partial charge in [-0.1, -0.05) is 0 Å². The Bertz CT molecular complexity index is 340. The molecule has 16 heavy (non-hydrogen) atoms. The molecule has 2 fully saturated rings. The Morgan fingerprint density at radius 2 is 2.06 bits per heavy atom. The van der Waals surface area contributed by atoms with Gasteiger partial charge in [-0.3, -0.25) is 0 Å². The van der Waals surface area contributed by atoms with Crippen LogP contribution in [0.3, 0.4) is 0 Å². The van der Waals surface area contributed by atoms with Crippen molar-refractivity contribution in [2.75, 3.05) is 19.6 Å². The molecule has 0 bridgehead atoms. The molecule has 5 heteroatoms. The summed E-state index contributed by atoms with van der Waals surface area (Å²) in [4.78, 5) is 0. The predicted molar refractivity (Wildman–Crippen MR) is 64.8 cm³/mol. The van der Waals surface area contributed by atoms with Crippen molar-refractivity contribution >= 4 is 10.0 Å². The van der Waals surface area contributed by atoms with E-state index in [1.54, 1.807) is 18.2 Å². The molecule has 0 aromatic carbocycles. The highest BCUT2D eigenvalue weighted by atomic mass is 32.2. The molecule has 2 aliphatic heterocycles. The van der Waals surface area contributed by atoms with Crippen molar-refractivity contribution in [2.45, 2.75) is 44.4 Å². The molecule has 1 N–H and O–H groups in total. The van der Waals surface area contributed by atoms with Crippen molar-refractivity contribution in [3.63, 3.8) is 0 Å². The molecule has 0 saturated carbocycles. The first-order valence-corrected chi connectivity index (χ1v) is 7.74. The van der Waals surface area contributed by atoms with Gasteiger partial charge < -0.3 is 5.32 Å². The maximum atomic E-state index is 12.1. The third-order valence-electron chi connectivity index (χ3n) is 3.81. The lowest BCUT2D eigenvalue weighted by Crippen LogP contribution is -2.54. The number of hydrogen-bond acceptors (Lipinski definition) is 3. The summed E-state index contributed by atoms with van der Waals surface area (Å²) >= 11 is 0. The van der Waals surface area contributed by atoms with E-state index in [1.165, 1.54) is 12.8 Å².